The van der Waals surface area contributed by atoms with Crippen LogP contribution in [0.25, 0.3) is 0 Å². The topological polar surface area (TPSA) is 114 Å². The van der Waals surface area contributed by atoms with Crippen molar-refractivity contribution in [2.24, 2.45) is 0 Å². The van der Waals surface area contributed by atoms with E-state index in [0.717, 1.165) is 12.8 Å². The fraction of sp³-hybridized carbons (Fsp3) is 0.500. The van der Waals surface area contributed by atoms with Gasteiger partial charge in [0, 0.05) is 18.3 Å². The van der Waals surface area contributed by atoms with Crippen LogP contribution in [0.4, 0.5) is 11.4 Å². The first kappa shape index (κ1) is 21.4. The second kappa shape index (κ2) is 9.85. The molecule has 0 aliphatic heterocycles. The Labute approximate surface area is 165 Å². The highest BCUT2D eigenvalue weighted by Crippen LogP contribution is 2.28. The predicted molar refractivity (Wildman–Crippen MR) is 106 cm³/mol. The molecule has 0 spiro atoms. The van der Waals surface area contributed by atoms with Crippen molar-refractivity contribution in [1.29, 1.82) is 5.26 Å². The molecule has 1 saturated carbocycles. The van der Waals surface area contributed by atoms with E-state index in [2.05, 4.69) is 22.0 Å². The summed E-state index contributed by atoms with van der Waals surface area (Å²) in [6.45, 7) is 3.96. The number of hydrogen-bond acceptors (Lipinski definition) is 5. The summed E-state index contributed by atoms with van der Waals surface area (Å²) in [7, 11) is 0. The van der Waals surface area contributed by atoms with Crippen molar-refractivity contribution in [3.05, 3.63) is 24.3 Å². The highest BCUT2D eigenvalue weighted by Gasteiger charge is 2.35. The molecular weight excluding hydrogens is 358 g/mol. The molecule has 0 aromatic heterocycles. The van der Waals surface area contributed by atoms with Gasteiger partial charge in [0.05, 0.1) is 19.2 Å². The Kier molecular flexibility index (Phi) is 7.52. The third kappa shape index (κ3) is 6.35. The lowest BCUT2D eigenvalue weighted by atomic mass is 10.00. The molecule has 1 aliphatic carbocycles. The molecule has 0 saturated heterocycles. The summed E-state index contributed by atoms with van der Waals surface area (Å²) in [6, 6.07) is 9.03. The van der Waals surface area contributed by atoms with E-state index < -0.39 is 5.54 Å². The highest BCUT2D eigenvalue weighted by atomic mass is 16.2. The monoisotopic (exact) mass is 385 g/mol. The first-order valence-corrected chi connectivity index (χ1v) is 9.48. The lowest BCUT2D eigenvalue weighted by molar-refractivity contribution is -0.124. The van der Waals surface area contributed by atoms with Crippen molar-refractivity contribution in [3.8, 4) is 6.07 Å². The van der Waals surface area contributed by atoms with E-state index >= 15 is 0 Å². The number of likely N-dealkylation sites (N-methyl/N-ethyl adjacent to an activating group) is 1. The van der Waals surface area contributed by atoms with Crippen LogP contribution in [0.5, 0.6) is 0 Å². The highest BCUT2D eigenvalue weighted by molar-refractivity contribution is 5.93. The second-order valence-electron chi connectivity index (χ2n) is 7.06. The summed E-state index contributed by atoms with van der Waals surface area (Å²) in [5, 5.41) is 17.6. The van der Waals surface area contributed by atoms with Gasteiger partial charge in [-0.25, -0.2) is 0 Å². The number of carbonyl (C=O) groups is 3. The zero-order chi connectivity index (χ0) is 20.6. The van der Waals surface area contributed by atoms with Crippen LogP contribution in [0.3, 0.4) is 0 Å². The number of nitrogens with one attached hydrogen (secondary N) is 3. The van der Waals surface area contributed by atoms with Crippen LogP contribution in [-0.4, -0.2) is 47.8 Å². The minimum atomic E-state index is -0.756. The van der Waals surface area contributed by atoms with Gasteiger partial charge in [-0.2, -0.15) is 5.26 Å². The SMILES string of the molecule is CCN(CC(=O)Nc1ccc(NC(C)=O)cc1)CC(=O)NC1(C#N)CCCC1. The number of benzene rings is 1. The quantitative estimate of drug-likeness (QED) is 0.632. The van der Waals surface area contributed by atoms with Gasteiger partial charge in [0.15, 0.2) is 0 Å². The maximum Gasteiger partial charge on any atom is 0.238 e. The van der Waals surface area contributed by atoms with E-state index in [0.29, 0.717) is 30.8 Å². The van der Waals surface area contributed by atoms with Gasteiger partial charge in [-0.05, 0) is 56.5 Å². The molecule has 0 bridgehead atoms. The van der Waals surface area contributed by atoms with E-state index in [-0.39, 0.29) is 30.8 Å². The Morgan fingerprint density at radius 2 is 1.57 bits per heavy atom. The smallest absolute Gasteiger partial charge is 0.238 e. The minimum absolute atomic E-state index is 0.0643. The normalized spacial score (nSPS) is 14.9. The Balaban J connectivity index is 1.84. The van der Waals surface area contributed by atoms with Gasteiger partial charge in [-0.1, -0.05) is 6.92 Å². The molecule has 8 heteroatoms. The van der Waals surface area contributed by atoms with Gasteiger partial charge >= 0.3 is 0 Å². The molecule has 0 unspecified atom stereocenters. The zero-order valence-electron chi connectivity index (χ0n) is 16.4. The molecule has 1 fully saturated rings. The molecule has 0 atom stereocenters. The zero-order valence-corrected chi connectivity index (χ0v) is 16.4. The molecule has 0 heterocycles. The number of carbonyl (C=O) groups excluding carboxylic acids is 3. The summed E-state index contributed by atoms with van der Waals surface area (Å²) < 4.78 is 0. The average molecular weight is 385 g/mol. The van der Waals surface area contributed by atoms with Crippen molar-refractivity contribution in [3.63, 3.8) is 0 Å². The summed E-state index contributed by atoms with van der Waals surface area (Å²) in [6.07, 6.45) is 3.23. The first-order valence-electron chi connectivity index (χ1n) is 9.48. The molecule has 150 valence electrons. The maximum atomic E-state index is 12.3. The van der Waals surface area contributed by atoms with Gasteiger partial charge < -0.3 is 16.0 Å². The fourth-order valence-corrected chi connectivity index (χ4v) is 3.28. The third-order valence-electron chi connectivity index (χ3n) is 4.72. The number of anilines is 2. The molecule has 2 rings (SSSR count). The average Bonchev–Trinajstić information content (AvgIpc) is 3.11. The molecule has 28 heavy (non-hydrogen) atoms. The van der Waals surface area contributed by atoms with E-state index in [1.165, 1.54) is 6.92 Å². The molecule has 0 radical (unpaired) electrons. The Morgan fingerprint density at radius 3 is 2.07 bits per heavy atom. The van der Waals surface area contributed by atoms with E-state index in [9.17, 15) is 19.6 Å². The van der Waals surface area contributed by atoms with Gasteiger partial charge in [0.1, 0.15) is 5.54 Å². The van der Waals surface area contributed by atoms with E-state index in [1.807, 2.05) is 6.92 Å². The first-order chi connectivity index (χ1) is 13.4. The van der Waals surface area contributed by atoms with Crippen LogP contribution in [0, 0.1) is 11.3 Å². The Hall–Kier alpha value is -2.92. The van der Waals surface area contributed by atoms with Crippen molar-refractivity contribution >= 4 is 29.1 Å². The summed E-state index contributed by atoms with van der Waals surface area (Å²) in [4.78, 5) is 37.4. The van der Waals surface area contributed by atoms with Crippen molar-refractivity contribution in [2.45, 2.75) is 45.1 Å². The van der Waals surface area contributed by atoms with Gasteiger partial charge in [-0.15, -0.1) is 0 Å². The molecule has 1 aromatic rings. The third-order valence-corrected chi connectivity index (χ3v) is 4.72. The van der Waals surface area contributed by atoms with Crippen molar-refractivity contribution in [2.75, 3.05) is 30.3 Å². The van der Waals surface area contributed by atoms with Gasteiger partial charge in [0.2, 0.25) is 17.7 Å². The molecule has 3 N–H and O–H groups in total. The fourth-order valence-electron chi connectivity index (χ4n) is 3.28. The van der Waals surface area contributed by atoms with Crippen molar-refractivity contribution in [1.82, 2.24) is 10.2 Å². The molecule has 1 aromatic carbocycles. The second-order valence-corrected chi connectivity index (χ2v) is 7.06. The van der Waals surface area contributed by atoms with Crippen LogP contribution in [0.15, 0.2) is 24.3 Å². The van der Waals surface area contributed by atoms with E-state index in [1.54, 1.807) is 29.2 Å². The van der Waals surface area contributed by atoms with Crippen LogP contribution in [-0.2, 0) is 14.4 Å². The maximum absolute atomic E-state index is 12.3. The summed E-state index contributed by atoms with van der Waals surface area (Å²) in [5.74, 6) is -0.639. The Morgan fingerprint density at radius 1 is 1.04 bits per heavy atom. The molecule has 3 amide bonds. The van der Waals surface area contributed by atoms with Crippen LogP contribution >= 0.6 is 0 Å². The van der Waals surface area contributed by atoms with Gasteiger partial charge in [-0.3, -0.25) is 19.3 Å². The van der Waals surface area contributed by atoms with Gasteiger partial charge in [0.25, 0.3) is 0 Å². The summed E-state index contributed by atoms with van der Waals surface area (Å²) in [5.41, 5.74) is 0.499. The Bertz CT molecular complexity index is 748. The predicted octanol–water partition coefficient (Wildman–Crippen LogP) is 1.86. The number of hydrogen-bond donors (Lipinski definition) is 3. The summed E-state index contributed by atoms with van der Waals surface area (Å²) >= 11 is 0. The minimum Gasteiger partial charge on any atom is -0.337 e. The number of amides is 3. The van der Waals surface area contributed by atoms with Crippen LogP contribution < -0.4 is 16.0 Å². The molecule has 1 aliphatic rings. The van der Waals surface area contributed by atoms with Crippen molar-refractivity contribution < 1.29 is 14.4 Å². The number of nitriles is 1. The van der Waals surface area contributed by atoms with Crippen LogP contribution in [0.1, 0.15) is 39.5 Å². The van der Waals surface area contributed by atoms with E-state index in [4.69, 9.17) is 0 Å². The number of rotatable bonds is 8. The largest absolute Gasteiger partial charge is 0.337 e. The molecular formula is C20H27N5O3. The molecule has 8 nitrogen and oxygen atoms in total. The standard InChI is InChI=1S/C20H27N5O3/c1-3-25(13-19(28)24-20(14-21)10-4-5-11-20)12-18(27)23-17-8-6-16(7-9-17)22-15(2)26/h6-9H,3-5,10-13H2,1-2H3,(H,22,26)(H,23,27)(H,24,28). The lowest BCUT2D eigenvalue weighted by Crippen LogP contribution is -2.49. The number of nitrogens with zero attached hydrogens (tertiary/aromatic N) is 2. The van der Waals surface area contributed by atoms with Crippen LogP contribution in [0.2, 0.25) is 0 Å². The lowest BCUT2D eigenvalue weighted by Gasteiger charge is -2.25.